The fraction of sp³-hybridized carbons (Fsp3) is 0.750. The van der Waals surface area contributed by atoms with Crippen molar-refractivity contribution in [3.8, 4) is 0 Å². The molecular weight excluding hydrogens is 100 g/mol. The van der Waals surface area contributed by atoms with Gasteiger partial charge in [0.05, 0.1) is 0 Å². The molecule has 1 fully saturated rings. The molecule has 1 heterocycles. The molecule has 0 N–H and O–H groups in total. The standard InChI is InChI=1S/C4H6F2N/c1-7-2-4(5,6)3-7/h1-3H2/q+1. The minimum Gasteiger partial charge on any atom is -0.229 e. The summed E-state index contributed by atoms with van der Waals surface area (Å²) in [5.41, 5.74) is 0. The Kier molecular flexibility index (Phi) is 0.685. The summed E-state index contributed by atoms with van der Waals surface area (Å²) in [6, 6.07) is 0. The molecule has 1 aliphatic heterocycles. The zero-order valence-electron chi connectivity index (χ0n) is 3.82. The highest BCUT2D eigenvalue weighted by Crippen LogP contribution is 2.21. The fourth-order valence-electron chi connectivity index (χ4n) is 0.608. The number of alkyl halides is 2. The van der Waals surface area contributed by atoms with Crippen molar-refractivity contribution in [3.63, 3.8) is 0 Å². The number of halogens is 2. The quantitative estimate of drug-likeness (QED) is 0.392. The lowest BCUT2D eigenvalue weighted by Crippen LogP contribution is -2.49. The van der Waals surface area contributed by atoms with Crippen molar-refractivity contribution in [1.82, 2.24) is 0 Å². The van der Waals surface area contributed by atoms with Crippen molar-refractivity contribution < 1.29 is 13.4 Å². The van der Waals surface area contributed by atoms with Gasteiger partial charge in [0.1, 0.15) is 6.72 Å². The van der Waals surface area contributed by atoms with Gasteiger partial charge >= 0.3 is 5.92 Å². The number of rotatable bonds is 0. The number of hydrogen-bond acceptors (Lipinski definition) is 0. The lowest BCUT2D eigenvalue weighted by molar-refractivity contribution is -0.633. The smallest absolute Gasteiger partial charge is 0.229 e. The van der Waals surface area contributed by atoms with Gasteiger partial charge in [-0.25, -0.2) is 4.58 Å². The van der Waals surface area contributed by atoms with Crippen molar-refractivity contribution in [1.29, 1.82) is 0 Å². The van der Waals surface area contributed by atoms with E-state index in [0.29, 0.717) is 0 Å². The lowest BCUT2D eigenvalue weighted by atomic mass is 10.2. The van der Waals surface area contributed by atoms with E-state index < -0.39 is 5.92 Å². The van der Waals surface area contributed by atoms with E-state index in [0.717, 1.165) is 0 Å². The summed E-state index contributed by atoms with van der Waals surface area (Å²) < 4.78 is 24.7. The Morgan fingerprint density at radius 1 is 1.43 bits per heavy atom. The molecule has 0 bridgehead atoms. The van der Waals surface area contributed by atoms with Gasteiger partial charge in [-0.05, 0) is 0 Å². The predicted octanol–water partition coefficient (Wildman–Crippen LogP) is 0.348. The maximum absolute atomic E-state index is 11.7. The van der Waals surface area contributed by atoms with Gasteiger partial charge in [0.2, 0.25) is 13.1 Å². The molecule has 1 nitrogen and oxygen atoms in total. The first-order chi connectivity index (χ1) is 3.10. The Morgan fingerprint density at radius 2 is 1.86 bits per heavy atom. The molecule has 0 unspecified atom stereocenters. The van der Waals surface area contributed by atoms with Crippen LogP contribution in [0.1, 0.15) is 0 Å². The van der Waals surface area contributed by atoms with Crippen LogP contribution in [-0.2, 0) is 0 Å². The molecule has 0 radical (unpaired) electrons. The monoisotopic (exact) mass is 106 g/mol. The van der Waals surface area contributed by atoms with E-state index >= 15 is 0 Å². The summed E-state index contributed by atoms with van der Waals surface area (Å²) in [7, 11) is 0. The van der Waals surface area contributed by atoms with Gasteiger partial charge < -0.3 is 0 Å². The first-order valence-corrected chi connectivity index (χ1v) is 2.03. The van der Waals surface area contributed by atoms with Crippen LogP contribution in [0.25, 0.3) is 0 Å². The Labute approximate surface area is 40.3 Å². The molecule has 0 aromatic carbocycles. The SMILES string of the molecule is C=[N+]1CC(F)(F)C1. The highest BCUT2D eigenvalue weighted by atomic mass is 19.3. The number of hydrogen-bond donors (Lipinski definition) is 0. The Balaban J connectivity index is 2.43. The van der Waals surface area contributed by atoms with E-state index in [4.69, 9.17) is 0 Å². The molecule has 1 rings (SSSR count). The summed E-state index contributed by atoms with van der Waals surface area (Å²) in [5.74, 6) is -2.44. The highest BCUT2D eigenvalue weighted by Gasteiger charge is 2.48. The average Bonchev–Trinajstić information content (AvgIpc) is 1.27. The van der Waals surface area contributed by atoms with Crippen molar-refractivity contribution >= 4 is 6.72 Å². The van der Waals surface area contributed by atoms with E-state index in [2.05, 4.69) is 6.72 Å². The molecule has 40 valence electrons. The van der Waals surface area contributed by atoms with Crippen molar-refractivity contribution in [2.45, 2.75) is 5.92 Å². The topological polar surface area (TPSA) is 3.01 Å². The van der Waals surface area contributed by atoms with Crippen LogP contribution in [0, 0.1) is 0 Å². The van der Waals surface area contributed by atoms with Gasteiger partial charge in [0, 0.05) is 0 Å². The number of nitrogens with zero attached hydrogens (tertiary/aromatic N) is 1. The first-order valence-electron chi connectivity index (χ1n) is 2.03. The summed E-state index contributed by atoms with van der Waals surface area (Å²) in [6.07, 6.45) is 0. The van der Waals surface area contributed by atoms with E-state index in [9.17, 15) is 8.78 Å². The van der Waals surface area contributed by atoms with E-state index in [1.54, 1.807) is 0 Å². The second-order valence-corrected chi connectivity index (χ2v) is 1.84. The van der Waals surface area contributed by atoms with Crippen LogP contribution in [0.2, 0.25) is 0 Å². The van der Waals surface area contributed by atoms with Gasteiger partial charge in [-0.15, -0.1) is 0 Å². The molecular formula is C4H6F2N+. The zero-order valence-corrected chi connectivity index (χ0v) is 3.82. The maximum atomic E-state index is 11.7. The molecule has 7 heavy (non-hydrogen) atoms. The Morgan fingerprint density at radius 3 is 1.86 bits per heavy atom. The Hall–Kier alpha value is -0.470. The largest absolute Gasteiger partial charge is 0.361 e. The molecule has 0 saturated carbocycles. The van der Waals surface area contributed by atoms with Gasteiger partial charge in [0.25, 0.3) is 0 Å². The molecule has 0 spiro atoms. The minimum absolute atomic E-state index is 0.174. The van der Waals surface area contributed by atoms with Gasteiger partial charge in [-0.2, -0.15) is 8.78 Å². The zero-order chi connectivity index (χ0) is 5.49. The predicted molar refractivity (Wildman–Crippen MR) is 22.1 cm³/mol. The van der Waals surface area contributed by atoms with E-state index in [1.807, 2.05) is 0 Å². The van der Waals surface area contributed by atoms with Crippen molar-refractivity contribution in [2.24, 2.45) is 0 Å². The third-order valence-corrected chi connectivity index (χ3v) is 0.910. The first kappa shape index (κ1) is 4.68. The molecule has 0 aliphatic carbocycles. The van der Waals surface area contributed by atoms with Crippen LogP contribution >= 0.6 is 0 Å². The molecule has 0 amide bonds. The van der Waals surface area contributed by atoms with Crippen LogP contribution in [-0.4, -0.2) is 30.3 Å². The second-order valence-electron chi connectivity index (χ2n) is 1.84. The molecule has 0 aromatic rings. The normalized spacial score (nSPS) is 26.9. The van der Waals surface area contributed by atoms with Gasteiger partial charge in [0.15, 0.2) is 0 Å². The van der Waals surface area contributed by atoms with Crippen molar-refractivity contribution in [2.75, 3.05) is 13.1 Å². The van der Waals surface area contributed by atoms with Gasteiger partial charge in [-0.3, -0.25) is 0 Å². The van der Waals surface area contributed by atoms with Crippen LogP contribution in [0.15, 0.2) is 0 Å². The Bertz CT molecular complexity index is 98.3. The average molecular weight is 106 g/mol. The van der Waals surface area contributed by atoms with Crippen LogP contribution < -0.4 is 0 Å². The van der Waals surface area contributed by atoms with E-state index in [1.165, 1.54) is 4.58 Å². The van der Waals surface area contributed by atoms with Crippen molar-refractivity contribution in [3.05, 3.63) is 0 Å². The minimum atomic E-state index is -2.44. The molecule has 0 aromatic heterocycles. The van der Waals surface area contributed by atoms with Crippen LogP contribution in [0.3, 0.4) is 0 Å². The second kappa shape index (κ2) is 1.02. The molecule has 0 atom stereocenters. The maximum Gasteiger partial charge on any atom is 0.361 e. The van der Waals surface area contributed by atoms with Crippen LogP contribution in [0.5, 0.6) is 0 Å². The fourth-order valence-corrected chi connectivity index (χ4v) is 0.608. The molecule has 1 aliphatic rings. The summed E-state index contributed by atoms with van der Waals surface area (Å²) >= 11 is 0. The molecule has 3 heteroatoms. The highest BCUT2D eigenvalue weighted by molar-refractivity contribution is 5.15. The lowest BCUT2D eigenvalue weighted by Gasteiger charge is -2.20. The molecule has 1 saturated heterocycles. The third kappa shape index (κ3) is 0.759. The summed E-state index contributed by atoms with van der Waals surface area (Å²) in [5, 5.41) is 0. The summed E-state index contributed by atoms with van der Waals surface area (Å²) in [4.78, 5) is 0. The van der Waals surface area contributed by atoms with E-state index in [-0.39, 0.29) is 13.1 Å². The van der Waals surface area contributed by atoms with Gasteiger partial charge in [-0.1, -0.05) is 0 Å². The third-order valence-electron chi connectivity index (χ3n) is 0.910. The summed E-state index contributed by atoms with van der Waals surface area (Å²) in [6.45, 7) is 2.95. The van der Waals surface area contributed by atoms with Crippen LogP contribution in [0.4, 0.5) is 8.78 Å².